The molecule has 2 unspecified atom stereocenters. The highest BCUT2D eigenvalue weighted by molar-refractivity contribution is 7.47. The van der Waals surface area contributed by atoms with Gasteiger partial charge in [-0.25, -0.2) is 4.57 Å². The Morgan fingerprint density at radius 3 is 0.865 bits per heavy atom. The van der Waals surface area contributed by atoms with Gasteiger partial charge in [0, 0.05) is 12.8 Å². The number of phosphoric acid groups is 1. The summed E-state index contributed by atoms with van der Waals surface area (Å²) in [6.07, 6.45) is 66.3. The number of quaternary nitrogens is 1. The zero-order valence-corrected chi connectivity index (χ0v) is 51.3. The molecule has 0 radical (unpaired) electrons. The van der Waals surface area contributed by atoms with E-state index in [-0.39, 0.29) is 25.6 Å². The van der Waals surface area contributed by atoms with Crippen LogP contribution in [0.4, 0.5) is 0 Å². The molecule has 0 saturated heterocycles. The van der Waals surface area contributed by atoms with Crippen LogP contribution < -0.4 is 0 Å². The number of ether oxygens (including phenoxy) is 2. The quantitative estimate of drug-likeness (QED) is 0.0278. The zero-order chi connectivity index (χ0) is 54.2. The van der Waals surface area contributed by atoms with Gasteiger partial charge in [-0.15, -0.1) is 0 Å². The molecule has 0 aromatic rings. The van der Waals surface area contributed by atoms with Crippen molar-refractivity contribution in [1.29, 1.82) is 0 Å². The summed E-state index contributed by atoms with van der Waals surface area (Å²) in [7, 11) is 1.50. The van der Waals surface area contributed by atoms with E-state index in [0.717, 1.165) is 38.5 Å². The number of nitrogens with zero attached hydrogens (tertiary/aromatic N) is 1. The Morgan fingerprint density at radius 2 is 0.608 bits per heavy atom. The molecule has 1 N–H and O–H groups in total. The van der Waals surface area contributed by atoms with Gasteiger partial charge in [0.2, 0.25) is 0 Å². The second-order valence-electron chi connectivity index (χ2n) is 23.9. The lowest BCUT2D eigenvalue weighted by Gasteiger charge is -2.24. The summed E-state index contributed by atoms with van der Waals surface area (Å²) in [4.78, 5) is 35.8. The lowest BCUT2D eigenvalue weighted by atomic mass is 10.0. The van der Waals surface area contributed by atoms with Crippen molar-refractivity contribution in [1.82, 2.24) is 0 Å². The van der Waals surface area contributed by atoms with Crippen molar-refractivity contribution in [2.75, 3.05) is 47.5 Å². The second-order valence-corrected chi connectivity index (χ2v) is 25.3. The van der Waals surface area contributed by atoms with E-state index in [4.69, 9.17) is 18.5 Å². The SMILES string of the molecule is CCCCCCCCCCCCCCCCCCCCCCCCCCCCCCCCCC(=O)OC(COC(=O)CCCCCCCCCCCCCCCCCCCCC)COP(=O)(O)OCC[N+](C)(C)C. The Labute approximate surface area is 461 Å². The normalized spacial score (nSPS) is 13.1. The molecule has 0 amide bonds. The fourth-order valence-electron chi connectivity index (χ4n) is 10.1. The Bertz CT molecular complexity index is 1210. The van der Waals surface area contributed by atoms with Gasteiger partial charge in [-0.2, -0.15) is 0 Å². The van der Waals surface area contributed by atoms with Gasteiger partial charge in [0.25, 0.3) is 0 Å². The summed E-state index contributed by atoms with van der Waals surface area (Å²) in [5.74, 6) is -0.770. The fraction of sp³-hybridized carbons (Fsp3) is 0.969. The van der Waals surface area contributed by atoms with Crippen LogP contribution in [0.1, 0.15) is 348 Å². The highest BCUT2D eigenvalue weighted by atomic mass is 31.2. The second kappa shape index (κ2) is 56.7. The van der Waals surface area contributed by atoms with Gasteiger partial charge < -0.3 is 18.9 Å². The van der Waals surface area contributed by atoms with Gasteiger partial charge in [0.15, 0.2) is 6.10 Å². The molecule has 0 aromatic heterocycles. The van der Waals surface area contributed by atoms with E-state index < -0.39 is 26.5 Å². The standard InChI is InChI=1S/C64H128NO8P/c1-6-8-10-12-14-16-18-20-22-24-26-27-28-29-30-31-32-33-34-35-36-37-39-41-43-45-47-49-51-53-55-57-64(67)73-62(61-72-74(68,69)71-59-58-65(3,4)5)60-70-63(66)56-54-52-50-48-46-44-42-40-38-25-23-21-19-17-15-13-11-9-7-2/h62H,6-61H2,1-5H3/p+1. The lowest BCUT2D eigenvalue weighted by molar-refractivity contribution is -0.870. The smallest absolute Gasteiger partial charge is 0.462 e. The summed E-state index contributed by atoms with van der Waals surface area (Å²) in [6.45, 7) is 4.52. The number of unbranched alkanes of at least 4 members (excludes halogenated alkanes) is 48. The van der Waals surface area contributed by atoms with Gasteiger partial charge >= 0.3 is 19.8 Å². The van der Waals surface area contributed by atoms with Crippen LogP contribution in [0.2, 0.25) is 0 Å². The minimum atomic E-state index is -4.38. The van der Waals surface area contributed by atoms with Crippen molar-refractivity contribution in [2.45, 2.75) is 354 Å². The van der Waals surface area contributed by atoms with Crippen LogP contribution >= 0.6 is 7.82 Å². The molecule has 0 spiro atoms. The van der Waals surface area contributed by atoms with Crippen molar-refractivity contribution in [3.05, 3.63) is 0 Å². The maximum absolute atomic E-state index is 12.8. The maximum atomic E-state index is 12.8. The third kappa shape index (κ3) is 60.2. The number of phosphoric ester groups is 1. The molecule has 0 aromatic carbocycles. The summed E-state index contributed by atoms with van der Waals surface area (Å²) in [5, 5.41) is 0. The average molecular weight is 1070 g/mol. The highest BCUT2D eigenvalue weighted by Crippen LogP contribution is 2.43. The first-order valence-electron chi connectivity index (χ1n) is 32.8. The molecule has 0 aliphatic rings. The van der Waals surface area contributed by atoms with Crippen LogP contribution in [0.5, 0.6) is 0 Å². The number of rotatable bonds is 62. The number of esters is 2. The molecule has 0 rings (SSSR count). The van der Waals surface area contributed by atoms with Crippen LogP contribution in [0, 0.1) is 0 Å². The molecule has 9 nitrogen and oxygen atoms in total. The van der Waals surface area contributed by atoms with Gasteiger partial charge in [0.05, 0.1) is 27.7 Å². The van der Waals surface area contributed by atoms with E-state index in [1.165, 1.54) is 283 Å². The fourth-order valence-corrected chi connectivity index (χ4v) is 10.8. The number of carbonyl (C=O) groups excluding carboxylic acids is 2. The Balaban J connectivity index is 3.98. The third-order valence-corrected chi connectivity index (χ3v) is 16.1. The average Bonchev–Trinajstić information content (AvgIpc) is 3.36. The topological polar surface area (TPSA) is 108 Å². The van der Waals surface area contributed by atoms with Crippen molar-refractivity contribution < 1.29 is 42.1 Å². The highest BCUT2D eigenvalue weighted by Gasteiger charge is 2.27. The van der Waals surface area contributed by atoms with Gasteiger partial charge in [-0.05, 0) is 12.8 Å². The molecule has 0 heterocycles. The molecule has 0 saturated carbocycles. The van der Waals surface area contributed by atoms with Gasteiger partial charge in [-0.3, -0.25) is 18.6 Å². The minimum Gasteiger partial charge on any atom is -0.462 e. The van der Waals surface area contributed by atoms with Crippen molar-refractivity contribution in [3.63, 3.8) is 0 Å². The summed E-state index contributed by atoms with van der Waals surface area (Å²) in [6, 6.07) is 0. The number of carbonyl (C=O) groups is 2. The summed E-state index contributed by atoms with van der Waals surface area (Å²) >= 11 is 0. The number of hydrogen-bond donors (Lipinski definition) is 1. The van der Waals surface area contributed by atoms with Crippen molar-refractivity contribution >= 4 is 19.8 Å². The molecule has 10 heteroatoms. The summed E-state index contributed by atoms with van der Waals surface area (Å²) < 4.78 is 34.7. The first-order chi connectivity index (χ1) is 36.0. The van der Waals surface area contributed by atoms with Crippen LogP contribution in [-0.2, 0) is 32.7 Å². The third-order valence-electron chi connectivity index (χ3n) is 15.1. The zero-order valence-electron chi connectivity index (χ0n) is 50.4. The lowest BCUT2D eigenvalue weighted by Crippen LogP contribution is -2.37. The van der Waals surface area contributed by atoms with E-state index in [0.29, 0.717) is 17.4 Å². The molecule has 2 atom stereocenters. The van der Waals surface area contributed by atoms with Gasteiger partial charge in [0.1, 0.15) is 19.8 Å². The molecule has 0 bridgehead atoms. The minimum absolute atomic E-state index is 0.0376. The van der Waals surface area contributed by atoms with Crippen LogP contribution in [-0.4, -0.2) is 74.9 Å². The van der Waals surface area contributed by atoms with Gasteiger partial charge in [-0.1, -0.05) is 322 Å². The van der Waals surface area contributed by atoms with Crippen LogP contribution in [0.25, 0.3) is 0 Å². The number of hydrogen-bond acceptors (Lipinski definition) is 7. The van der Waals surface area contributed by atoms with E-state index in [2.05, 4.69) is 13.8 Å². The Hall–Kier alpha value is -0.990. The molecular formula is C64H129NO8P+. The Morgan fingerprint density at radius 1 is 0.365 bits per heavy atom. The van der Waals surface area contributed by atoms with Crippen LogP contribution in [0.15, 0.2) is 0 Å². The molecule has 0 aliphatic heterocycles. The van der Waals surface area contributed by atoms with E-state index in [1.54, 1.807) is 0 Å². The molecule has 0 fully saturated rings. The molecule has 74 heavy (non-hydrogen) atoms. The summed E-state index contributed by atoms with van der Waals surface area (Å²) in [5.41, 5.74) is 0. The molecule has 442 valence electrons. The first kappa shape index (κ1) is 73.0. The number of likely N-dealkylation sites (N-methyl/N-ethyl adjacent to an activating group) is 1. The maximum Gasteiger partial charge on any atom is 0.472 e. The predicted octanol–water partition coefficient (Wildman–Crippen LogP) is 20.6. The Kier molecular flexibility index (Phi) is 56.0. The van der Waals surface area contributed by atoms with E-state index >= 15 is 0 Å². The predicted molar refractivity (Wildman–Crippen MR) is 317 cm³/mol. The van der Waals surface area contributed by atoms with Crippen molar-refractivity contribution in [2.24, 2.45) is 0 Å². The first-order valence-corrected chi connectivity index (χ1v) is 34.3. The van der Waals surface area contributed by atoms with E-state index in [1.807, 2.05) is 21.1 Å². The van der Waals surface area contributed by atoms with E-state index in [9.17, 15) is 19.0 Å². The monoisotopic (exact) mass is 1070 g/mol. The van der Waals surface area contributed by atoms with Crippen LogP contribution in [0.3, 0.4) is 0 Å². The molecule has 0 aliphatic carbocycles. The van der Waals surface area contributed by atoms with Crippen molar-refractivity contribution in [3.8, 4) is 0 Å². The largest absolute Gasteiger partial charge is 0.472 e. The molecular weight excluding hydrogens is 942 g/mol.